The second-order valence-electron chi connectivity index (χ2n) is 7.35. The maximum absolute atomic E-state index is 13.4. The summed E-state index contributed by atoms with van der Waals surface area (Å²) in [4.78, 5) is 30.1. The van der Waals surface area contributed by atoms with E-state index in [0.717, 1.165) is 22.6 Å². The topological polar surface area (TPSA) is 61.9 Å². The fourth-order valence-electron chi connectivity index (χ4n) is 4.37. The second-order valence-corrected chi connectivity index (χ2v) is 7.35. The van der Waals surface area contributed by atoms with Crippen molar-refractivity contribution in [1.82, 2.24) is 0 Å². The van der Waals surface area contributed by atoms with Crippen LogP contribution in [0.1, 0.15) is 18.2 Å². The Balaban J connectivity index is 1.76. The number of anilines is 3. The predicted molar refractivity (Wildman–Crippen MR) is 116 cm³/mol. The number of methoxy groups -OCH3 is 1. The van der Waals surface area contributed by atoms with Crippen molar-refractivity contribution in [2.24, 2.45) is 0 Å². The summed E-state index contributed by atoms with van der Waals surface area (Å²) < 4.78 is 5.65. The number of ether oxygens (including phenoxy) is 1. The van der Waals surface area contributed by atoms with E-state index in [9.17, 15) is 9.59 Å². The first kappa shape index (κ1) is 18.2. The molecule has 0 unspecified atom stereocenters. The molecule has 0 bridgehead atoms. The second kappa shape index (κ2) is 7.22. The van der Waals surface area contributed by atoms with Crippen LogP contribution in [0.2, 0.25) is 0 Å². The SMILES string of the molecule is COc1ccccc1[C@@H]1N(c2ccccc2)C(=O)C[C@H]2C(=O)Nc3ccccc3N12. The maximum Gasteiger partial charge on any atom is 0.247 e. The van der Waals surface area contributed by atoms with Gasteiger partial charge in [-0.1, -0.05) is 48.5 Å². The Morgan fingerprint density at radius 2 is 1.60 bits per heavy atom. The van der Waals surface area contributed by atoms with Crippen molar-refractivity contribution in [3.05, 3.63) is 84.4 Å². The van der Waals surface area contributed by atoms with Crippen LogP contribution in [0.3, 0.4) is 0 Å². The highest BCUT2D eigenvalue weighted by molar-refractivity contribution is 6.09. The van der Waals surface area contributed by atoms with Gasteiger partial charge in [-0.05, 0) is 30.3 Å². The Morgan fingerprint density at radius 3 is 2.40 bits per heavy atom. The van der Waals surface area contributed by atoms with Crippen LogP contribution in [-0.4, -0.2) is 25.0 Å². The zero-order chi connectivity index (χ0) is 20.7. The third-order valence-electron chi connectivity index (χ3n) is 5.67. The van der Waals surface area contributed by atoms with Gasteiger partial charge >= 0.3 is 0 Å². The maximum atomic E-state index is 13.4. The molecule has 3 aromatic carbocycles. The summed E-state index contributed by atoms with van der Waals surface area (Å²) in [6.07, 6.45) is -0.428. The quantitative estimate of drug-likeness (QED) is 0.724. The molecule has 150 valence electrons. The molecule has 2 amide bonds. The van der Waals surface area contributed by atoms with E-state index in [1.165, 1.54) is 0 Å². The van der Waals surface area contributed by atoms with Crippen LogP contribution >= 0.6 is 0 Å². The largest absolute Gasteiger partial charge is 0.496 e. The highest BCUT2D eigenvalue weighted by atomic mass is 16.5. The van der Waals surface area contributed by atoms with Gasteiger partial charge < -0.3 is 15.0 Å². The molecule has 30 heavy (non-hydrogen) atoms. The summed E-state index contributed by atoms with van der Waals surface area (Å²) in [6, 6.07) is 24.3. The van der Waals surface area contributed by atoms with E-state index < -0.39 is 12.2 Å². The van der Waals surface area contributed by atoms with Gasteiger partial charge in [0.25, 0.3) is 0 Å². The number of benzene rings is 3. The number of hydrogen-bond donors (Lipinski definition) is 1. The van der Waals surface area contributed by atoms with Crippen molar-refractivity contribution in [3.63, 3.8) is 0 Å². The van der Waals surface area contributed by atoms with Gasteiger partial charge in [0.15, 0.2) is 0 Å². The van der Waals surface area contributed by atoms with Gasteiger partial charge in [-0.15, -0.1) is 0 Å². The standard InChI is InChI=1S/C24H21N3O3/c1-30-21-14-8-5-11-17(21)24-26(16-9-3-2-4-10-16)22(28)15-20-23(29)25-18-12-6-7-13-19(18)27(20)24/h2-14,20,24H,15H2,1H3,(H,25,29)/t20-,24+/m0/s1. The first-order chi connectivity index (χ1) is 14.7. The Morgan fingerprint density at radius 1 is 0.900 bits per heavy atom. The molecule has 0 aliphatic carbocycles. The molecule has 0 radical (unpaired) electrons. The summed E-state index contributed by atoms with van der Waals surface area (Å²) in [5.41, 5.74) is 3.22. The molecular formula is C24H21N3O3. The lowest BCUT2D eigenvalue weighted by molar-refractivity contribution is -0.126. The molecule has 0 saturated carbocycles. The fraction of sp³-hybridized carbons (Fsp3) is 0.167. The lowest BCUT2D eigenvalue weighted by atomic mass is 9.95. The molecule has 6 heteroatoms. The number of carbonyl (C=O) groups excluding carboxylic acids is 2. The first-order valence-electron chi connectivity index (χ1n) is 9.87. The van der Waals surface area contributed by atoms with Gasteiger partial charge in [0.05, 0.1) is 24.9 Å². The van der Waals surface area contributed by atoms with Crippen LogP contribution < -0.4 is 19.9 Å². The highest BCUT2D eigenvalue weighted by Crippen LogP contribution is 2.46. The number of fused-ring (bicyclic) bond motifs is 3. The van der Waals surface area contributed by atoms with Gasteiger partial charge in [-0.3, -0.25) is 14.5 Å². The van der Waals surface area contributed by atoms with Gasteiger partial charge in [-0.2, -0.15) is 0 Å². The van der Waals surface area contributed by atoms with E-state index in [0.29, 0.717) is 5.75 Å². The molecule has 5 rings (SSSR count). The monoisotopic (exact) mass is 399 g/mol. The van der Waals surface area contributed by atoms with Gasteiger partial charge in [0.2, 0.25) is 11.8 Å². The van der Waals surface area contributed by atoms with Crippen molar-refractivity contribution in [3.8, 4) is 5.75 Å². The molecule has 1 N–H and O–H groups in total. The lowest BCUT2D eigenvalue weighted by Crippen LogP contribution is -2.61. The molecule has 2 heterocycles. The summed E-state index contributed by atoms with van der Waals surface area (Å²) in [5.74, 6) is 0.392. The normalized spacial score (nSPS) is 20.3. The average molecular weight is 399 g/mol. The molecule has 3 aromatic rings. The molecule has 1 fully saturated rings. The number of nitrogens with one attached hydrogen (secondary N) is 1. The van der Waals surface area contributed by atoms with Crippen LogP contribution in [0, 0.1) is 0 Å². The number of para-hydroxylation sites is 4. The molecule has 2 aliphatic rings. The molecule has 1 saturated heterocycles. The van der Waals surface area contributed by atoms with Crippen LogP contribution in [0.25, 0.3) is 0 Å². The molecular weight excluding hydrogens is 378 g/mol. The number of hydrogen-bond acceptors (Lipinski definition) is 4. The number of nitrogens with zero attached hydrogens (tertiary/aromatic N) is 2. The minimum atomic E-state index is -0.595. The van der Waals surface area contributed by atoms with Gasteiger partial charge in [0.1, 0.15) is 18.0 Å². The Kier molecular flexibility index (Phi) is 4.39. The van der Waals surface area contributed by atoms with Crippen LogP contribution in [0.15, 0.2) is 78.9 Å². The number of carbonyl (C=O) groups is 2. The summed E-state index contributed by atoms with van der Waals surface area (Å²) in [5, 5.41) is 2.95. The van der Waals surface area contributed by atoms with Crippen molar-refractivity contribution in [2.75, 3.05) is 22.2 Å². The van der Waals surface area contributed by atoms with Crippen LogP contribution in [-0.2, 0) is 9.59 Å². The van der Waals surface area contributed by atoms with Gasteiger partial charge in [0, 0.05) is 11.3 Å². The number of rotatable bonds is 3. The molecule has 6 nitrogen and oxygen atoms in total. The van der Waals surface area contributed by atoms with E-state index >= 15 is 0 Å². The van der Waals surface area contributed by atoms with Crippen molar-refractivity contribution < 1.29 is 14.3 Å². The van der Waals surface area contributed by atoms with E-state index in [1.807, 2.05) is 83.8 Å². The van der Waals surface area contributed by atoms with Crippen LogP contribution in [0.4, 0.5) is 17.1 Å². The zero-order valence-electron chi connectivity index (χ0n) is 16.5. The molecule has 0 spiro atoms. The number of amides is 2. The predicted octanol–water partition coefficient (Wildman–Crippen LogP) is 3.96. The first-order valence-corrected chi connectivity index (χ1v) is 9.87. The summed E-state index contributed by atoms with van der Waals surface area (Å²) in [6.45, 7) is 0. The molecule has 2 atom stereocenters. The third-order valence-corrected chi connectivity index (χ3v) is 5.67. The van der Waals surface area contributed by atoms with Crippen LogP contribution in [0.5, 0.6) is 5.75 Å². The minimum Gasteiger partial charge on any atom is -0.496 e. The lowest BCUT2D eigenvalue weighted by Gasteiger charge is -2.51. The van der Waals surface area contributed by atoms with Crippen molar-refractivity contribution in [2.45, 2.75) is 18.6 Å². The Bertz CT molecular complexity index is 1120. The van der Waals surface area contributed by atoms with E-state index in [1.54, 1.807) is 12.0 Å². The van der Waals surface area contributed by atoms with E-state index in [2.05, 4.69) is 5.32 Å². The third kappa shape index (κ3) is 2.80. The smallest absolute Gasteiger partial charge is 0.247 e. The molecule has 0 aromatic heterocycles. The average Bonchev–Trinajstić information content (AvgIpc) is 2.79. The summed E-state index contributed by atoms with van der Waals surface area (Å²) >= 11 is 0. The fourth-order valence-corrected chi connectivity index (χ4v) is 4.37. The van der Waals surface area contributed by atoms with Crippen molar-refractivity contribution in [1.29, 1.82) is 0 Å². The van der Waals surface area contributed by atoms with E-state index in [4.69, 9.17) is 4.74 Å². The Hall–Kier alpha value is -3.80. The van der Waals surface area contributed by atoms with E-state index in [-0.39, 0.29) is 18.2 Å². The minimum absolute atomic E-state index is 0.0979. The molecule has 2 aliphatic heterocycles. The Labute approximate surface area is 174 Å². The van der Waals surface area contributed by atoms with Gasteiger partial charge in [-0.25, -0.2) is 0 Å². The summed E-state index contributed by atoms with van der Waals surface area (Å²) in [7, 11) is 1.62. The highest BCUT2D eigenvalue weighted by Gasteiger charge is 2.48. The zero-order valence-corrected chi connectivity index (χ0v) is 16.5. The van der Waals surface area contributed by atoms with Crippen molar-refractivity contribution >= 4 is 28.9 Å².